The maximum absolute atomic E-state index is 11.1. The molecule has 0 atom stereocenters. The number of amides is 2. The fraction of sp³-hybridized carbons (Fsp3) is 0.100. The van der Waals surface area contributed by atoms with E-state index in [1.54, 1.807) is 36.4 Å². The highest BCUT2D eigenvalue weighted by molar-refractivity contribution is 5.73. The summed E-state index contributed by atoms with van der Waals surface area (Å²) in [6.45, 7) is 0.341. The summed E-state index contributed by atoms with van der Waals surface area (Å²) >= 11 is 0. The Morgan fingerprint density at radius 3 is 1.54 bits per heavy atom. The van der Waals surface area contributed by atoms with Gasteiger partial charge in [-0.05, 0) is 47.5 Å². The Kier molecular flexibility index (Phi) is 4.83. The van der Waals surface area contributed by atoms with Gasteiger partial charge in [-0.2, -0.15) is 0 Å². The number of hydrogen-bond acceptors (Lipinski definition) is 6. The summed E-state index contributed by atoms with van der Waals surface area (Å²) in [7, 11) is 0. The van der Waals surface area contributed by atoms with Crippen molar-refractivity contribution in [2.24, 2.45) is 0 Å². The van der Waals surface area contributed by atoms with E-state index in [-0.39, 0.29) is 13.6 Å². The largest absolute Gasteiger partial charge is 0.454 e. The van der Waals surface area contributed by atoms with Crippen LogP contribution in [0, 0.1) is 0 Å². The Morgan fingerprint density at radius 1 is 0.679 bits per heavy atom. The van der Waals surface area contributed by atoms with Crippen LogP contribution >= 0.6 is 0 Å². The van der Waals surface area contributed by atoms with E-state index in [2.05, 4.69) is 10.6 Å². The van der Waals surface area contributed by atoms with Crippen LogP contribution in [-0.2, 0) is 9.59 Å². The molecule has 2 N–H and O–H groups in total. The molecule has 28 heavy (non-hydrogen) atoms. The second kappa shape index (κ2) is 7.75. The third kappa shape index (κ3) is 3.61. The first-order chi connectivity index (χ1) is 13.8. The number of carbonyl (C=O) groups excluding carboxylic acids is 2. The number of fused-ring (bicyclic) bond motifs is 2. The first-order valence-electron chi connectivity index (χ1n) is 8.40. The van der Waals surface area contributed by atoms with Crippen LogP contribution in [0.2, 0.25) is 0 Å². The van der Waals surface area contributed by atoms with Crippen LogP contribution in [0.1, 0.15) is 11.1 Å². The van der Waals surface area contributed by atoms with Crippen LogP contribution in [-0.4, -0.2) is 26.4 Å². The molecule has 2 aliphatic heterocycles. The van der Waals surface area contributed by atoms with Gasteiger partial charge in [0.15, 0.2) is 23.0 Å². The Bertz CT molecular complexity index is 903. The molecule has 8 heteroatoms. The fourth-order valence-corrected chi connectivity index (χ4v) is 2.86. The molecule has 2 amide bonds. The van der Waals surface area contributed by atoms with Gasteiger partial charge in [-0.3, -0.25) is 9.59 Å². The van der Waals surface area contributed by atoms with Gasteiger partial charge in [0.25, 0.3) is 0 Å². The molecular weight excluding hydrogens is 364 g/mol. The van der Waals surface area contributed by atoms with Crippen LogP contribution in [0.15, 0.2) is 47.8 Å². The molecule has 0 aromatic heterocycles. The van der Waals surface area contributed by atoms with Gasteiger partial charge < -0.3 is 29.6 Å². The van der Waals surface area contributed by atoms with Crippen LogP contribution in [0.25, 0.3) is 12.2 Å². The fourth-order valence-electron chi connectivity index (χ4n) is 2.86. The van der Waals surface area contributed by atoms with Gasteiger partial charge in [-0.15, -0.1) is 0 Å². The molecular formula is C20H16N2O6. The van der Waals surface area contributed by atoms with E-state index in [4.69, 9.17) is 18.9 Å². The third-order valence-corrected chi connectivity index (χ3v) is 4.13. The number of rotatable bonds is 7. The quantitative estimate of drug-likeness (QED) is 0.564. The predicted molar refractivity (Wildman–Crippen MR) is 99.5 cm³/mol. The van der Waals surface area contributed by atoms with Gasteiger partial charge in [-0.1, -0.05) is 12.1 Å². The van der Waals surface area contributed by atoms with Crippen molar-refractivity contribution >= 4 is 25.0 Å². The molecule has 2 heterocycles. The van der Waals surface area contributed by atoms with Crippen LogP contribution in [0.3, 0.4) is 0 Å². The molecule has 0 fully saturated rings. The lowest BCUT2D eigenvalue weighted by Crippen LogP contribution is -2.21. The lowest BCUT2D eigenvalue weighted by atomic mass is 10.1. The van der Waals surface area contributed by atoms with E-state index in [0.29, 0.717) is 47.2 Å². The van der Waals surface area contributed by atoms with Crippen molar-refractivity contribution in [2.75, 3.05) is 13.6 Å². The van der Waals surface area contributed by atoms with E-state index < -0.39 is 0 Å². The number of nitrogens with one attached hydrogen (secondary N) is 2. The van der Waals surface area contributed by atoms with Crippen molar-refractivity contribution in [3.8, 4) is 23.0 Å². The minimum atomic E-state index is 0.171. The average molecular weight is 380 g/mol. The minimum Gasteiger partial charge on any atom is -0.454 e. The topological polar surface area (TPSA) is 95.1 Å². The summed E-state index contributed by atoms with van der Waals surface area (Å²) < 4.78 is 21.3. The number of ether oxygens (including phenoxy) is 4. The Labute approximate surface area is 160 Å². The first-order valence-corrected chi connectivity index (χ1v) is 8.40. The number of benzene rings is 2. The van der Waals surface area contributed by atoms with Crippen molar-refractivity contribution in [2.45, 2.75) is 0 Å². The van der Waals surface area contributed by atoms with Gasteiger partial charge in [0, 0.05) is 0 Å². The molecule has 2 aliphatic rings. The number of carbonyl (C=O) groups is 2. The van der Waals surface area contributed by atoms with Crippen molar-refractivity contribution in [3.63, 3.8) is 0 Å². The zero-order valence-electron chi connectivity index (χ0n) is 14.6. The van der Waals surface area contributed by atoms with E-state index >= 15 is 0 Å². The lowest BCUT2D eigenvalue weighted by molar-refractivity contribution is -0.110. The molecule has 0 radical (unpaired) electrons. The summed E-state index contributed by atoms with van der Waals surface area (Å²) in [5.41, 5.74) is 2.33. The van der Waals surface area contributed by atoms with Crippen molar-refractivity contribution in [1.29, 1.82) is 0 Å². The normalized spacial score (nSPS) is 14.6. The van der Waals surface area contributed by atoms with E-state index in [9.17, 15) is 9.59 Å². The summed E-state index contributed by atoms with van der Waals surface area (Å²) in [5, 5.41) is 5.24. The smallest absolute Gasteiger partial charge is 0.231 e. The summed E-state index contributed by atoms with van der Waals surface area (Å²) in [6.07, 6.45) is 4.51. The molecule has 4 rings (SSSR count). The van der Waals surface area contributed by atoms with Crippen molar-refractivity contribution < 1.29 is 28.5 Å². The van der Waals surface area contributed by atoms with Crippen molar-refractivity contribution in [1.82, 2.24) is 10.6 Å². The summed E-state index contributed by atoms with van der Waals surface area (Å²) in [5.74, 6) is 2.54. The second-order valence-corrected chi connectivity index (χ2v) is 5.87. The second-order valence-electron chi connectivity index (χ2n) is 5.87. The summed E-state index contributed by atoms with van der Waals surface area (Å²) in [4.78, 5) is 22.3. The average Bonchev–Trinajstić information content (AvgIpc) is 3.35. The molecule has 0 unspecified atom stereocenters. The standard InChI is InChI=1S/C20H16N2O6/c23-9-21-15(5-13-1-3-17-19(7-13)27-11-25-17)16(22-10-24)6-14-2-4-18-20(8-14)28-12-26-18/h1-10H,11-12H2,(H,21,23)(H,22,24). The van der Waals surface area contributed by atoms with Gasteiger partial charge in [0.1, 0.15) is 0 Å². The molecule has 0 bridgehead atoms. The van der Waals surface area contributed by atoms with Crippen LogP contribution < -0.4 is 29.6 Å². The third-order valence-electron chi connectivity index (χ3n) is 4.13. The maximum atomic E-state index is 11.1. The zero-order valence-corrected chi connectivity index (χ0v) is 14.6. The van der Waals surface area contributed by atoms with Crippen molar-refractivity contribution in [3.05, 3.63) is 58.9 Å². The number of hydrogen-bond donors (Lipinski definition) is 2. The Morgan fingerprint density at radius 2 is 1.11 bits per heavy atom. The van der Waals surface area contributed by atoms with E-state index in [0.717, 1.165) is 11.1 Å². The monoisotopic (exact) mass is 380 g/mol. The molecule has 142 valence electrons. The van der Waals surface area contributed by atoms with Gasteiger partial charge >= 0.3 is 0 Å². The first kappa shape index (κ1) is 17.5. The minimum absolute atomic E-state index is 0.171. The molecule has 2 aromatic rings. The predicted octanol–water partition coefficient (Wildman–Crippen LogP) is 2.02. The molecule has 8 nitrogen and oxygen atoms in total. The highest BCUT2D eigenvalue weighted by atomic mass is 16.7. The molecule has 0 saturated carbocycles. The molecule has 0 spiro atoms. The van der Waals surface area contributed by atoms with Crippen LogP contribution in [0.5, 0.6) is 23.0 Å². The SMILES string of the molecule is O=CNC(=Cc1ccc2c(c1)OCO2)C(=Cc1ccc2c(c1)OCO2)NC=O. The van der Waals surface area contributed by atoms with Gasteiger partial charge in [0.05, 0.1) is 11.4 Å². The summed E-state index contributed by atoms with van der Waals surface area (Å²) in [6, 6.07) is 10.8. The highest BCUT2D eigenvalue weighted by Crippen LogP contribution is 2.34. The zero-order chi connectivity index (χ0) is 19.3. The van der Waals surface area contributed by atoms with Gasteiger partial charge in [-0.25, -0.2) is 0 Å². The molecule has 2 aromatic carbocycles. The van der Waals surface area contributed by atoms with Gasteiger partial charge in [0.2, 0.25) is 26.4 Å². The molecule has 0 aliphatic carbocycles. The van der Waals surface area contributed by atoms with E-state index in [1.807, 2.05) is 12.1 Å². The highest BCUT2D eigenvalue weighted by Gasteiger charge is 2.15. The Hall–Kier alpha value is -3.94. The molecule has 0 saturated heterocycles. The van der Waals surface area contributed by atoms with Crippen LogP contribution in [0.4, 0.5) is 0 Å². The maximum Gasteiger partial charge on any atom is 0.231 e. The van der Waals surface area contributed by atoms with E-state index in [1.165, 1.54) is 0 Å². The Balaban J connectivity index is 1.70. The lowest BCUT2D eigenvalue weighted by Gasteiger charge is -2.11.